The van der Waals surface area contributed by atoms with Crippen LogP contribution >= 0.6 is 0 Å². The summed E-state index contributed by atoms with van der Waals surface area (Å²) in [6, 6.07) is 73.9. The molecule has 0 atom stereocenters. The highest BCUT2D eigenvalue weighted by Gasteiger charge is 2.20. The number of aromatic nitrogens is 2. The van der Waals surface area contributed by atoms with Crippen LogP contribution in [-0.2, 0) is 0 Å². The predicted octanol–water partition coefficient (Wildman–Crippen LogP) is 15.1. The first-order valence-electron chi connectivity index (χ1n) is 19.8. The van der Waals surface area contributed by atoms with Crippen molar-refractivity contribution in [3.05, 3.63) is 219 Å². The topological polar surface area (TPSA) is 25.8 Å². The van der Waals surface area contributed by atoms with Crippen molar-refractivity contribution in [3.8, 4) is 67.0 Å². The molecule has 2 heteroatoms. The summed E-state index contributed by atoms with van der Waals surface area (Å²) in [6.45, 7) is 0. The maximum Gasteiger partial charge on any atom is 0.0780 e. The Bertz CT molecular complexity index is 3080. The monoisotopic (exact) mass is 736 g/mol. The van der Waals surface area contributed by atoms with Gasteiger partial charge in [-0.1, -0.05) is 194 Å². The number of nitrogens with zero attached hydrogens (tertiary/aromatic N) is 2. The number of hydrogen-bond acceptors (Lipinski definition) is 2. The van der Waals surface area contributed by atoms with E-state index in [1.165, 1.54) is 54.6 Å². The summed E-state index contributed by atoms with van der Waals surface area (Å²) in [6.07, 6.45) is 4.08. The summed E-state index contributed by atoms with van der Waals surface area (Å²) in [5.41, 5.74) is 13.5. The van der Waals surface area contributed by atoms with Crippen molar-refractivity contribution in [2.24, 2.45) is 0 Å². The van der Waals surface area contributed by atoms with Crippen LogP contribution < -0.4 is 0 Å². The molecular weight excluding hydrogens is 701 g/mol. The quantitative estimate of drug-likeness (QED) is 0.159. The molecule has 2 heterocycles. The zero-order chi connectivity index (χ0) is 38.4. The van der Waals surface area contributed by atoms with Crippen LogP contribution in [0.1, 0.15) is 0 Å². The maximum atomic E-state index is 5.19. The fraction of sp³-hybridized carbons (Fsp3) is 0. The first-order valence-corrected chi connectivity index (χ1v) is 19.8. The standard InChI is InChI=1S/C56H36N2/c1-5-17-37(18-6-1)51-35-57-55(47-27-15-13-25-43(47)51)41-29-31-45-49(33-41)53(39-21-9-3-10-22-39)46-32-30-42(34-50(46)54(45)40-23-11-4-12-24-40)56-48-28-16-14-26-44(48)52(36-58-56)38-19-7-2-8-20-38/h1-36H. The SMILES string of the molecule is c1ccc(-c2cnc(-c3ccc4c(-c5ccccc5)c5cc(-c6ncc(-c7ccccc7)c7ccccc67)ccc5c(-c5ccccc5)c4c3)c3ccccc23)cc1. The molecule has 0 fully saturated rings. The van der Waals surface area contributed by atoms with E-state index in [2.05, 4.69) is 206 Å². The molecule has 270 valence electrons. The minimum Gasteiger partial charge on any atom is -0.255 e. The first-order chi connectivity index (χ1) is 28.8. The third-order valence-corrected chi connectivity index (χ3v) is 11.5. The van der Waals surface area contributed by atoms with Crippen molar-refractivity contribution in [1.29, 1.82) is 0 Å². The number of rotatable bonds is 6. The lowest BCUT2D eigenvalue weighted by Gasteiger charge is -2.20. The van der Waals surface area contributed by atoms with Gasteiger partial charge in [-0.15, -0.1) is 0 Å². The van der Waals surface area contributed by atoms with Crippen molar-refractivity contribution < 1.29 is 0 Å². The van der Waals surface area contributed by atoms with E-state index in [0.29, 0.717) is 0 Å². The Labute approximate surface area is 337 Å². The van der Waals surface area contributed by atoms with Crippen LogP contribution in [0.4, 0.5) is 0 Å². The summed E-state index contributed by atoms with van der Waals surface area (Å²) >= 11 is 0. The van der Waals surface area contributed by atoms with Gasteiger partial charge in [0, 0.05) is 45.4 Å². The van der Waals surface area contributed by atoms with Crippen LogP contribution in [0.3, 0.4) is 0 Å². The number of hydrogen-bond donors (Lipinski definition) is 0. The lowest BCUT2D eigenvalue weighted by Crippen LogP contribution is -1.95. The van der Waals surface area contributed by atoms with Gasteiger partial charge in [0.05, 0.1) is 11.4 Å². The molecule has 0 aliphatic rings. The second kappa shape index (κ2) is 14.1. The highest BCUT2D eigenvalue weighted by Crippen LogP contribution is 2.47. The molecule has 0 saturated heterocycles. The van der Waals surface area contributed by atoms with Gasteiger partial charge in [-0.25, -0.2) is 0 Å². The fourth-order valence-electron chi connectivity index (χ4n) is 8.90. The summed E-state index contributed by atoms with van der Waals surface area (Å²) < 4.78 is 0. The predicted molar refractivity (Wildman–Crippen MR) is 245 cm³/mol. The molecule has 2 aromatic heterocycles. The van der Waals surface area contributed by atoms with Crippen LogP contribution in [0.2, 0.25) is 0 Å². The number of benzene rings is 9. The van der Waals surface area contributed by atoms with Gasteiger partial charge in [0.1, 0.15) is 0 Å². The number of fused-ring (bicyclic) bond motifs is 4. The van der Waals surface area contributed by atoms with Gasteiger partial charge in [-0.2, -0.15) is 0 Å². The number of pyridine rings is 2. The average Bonchev–Trinajstić information content (AvgIpc) is 3.31. The smallest absolute Gasteiger partial charge is 0.0780 e. The second-order valence-electron chi connectivity index (χ2n) is 14.9. The second-order valence-corrected chi connectivity index (χ2v) is 14.9. The largest absolute Gasteiger partial charge is 0.255 e. The molecule has 0 N–H and O–H groups in total. The van der Waals surface area contributed by atoms with Crippen molar-refractivity contribution in [3.63, 3.8) is 0 Å². The lowest BCUT2D eigenvalue weighted by molar-refractivity contribution is 1.36. The molecule has 0 saturated carbocycles. The Morgan fingerprint density at radius 1 is 0.224 bits per heavy atom. The Morgan fingerprint density at radius 3 is 0.931 bits per heavy atom. The molecular formula is C56H36N2. The van der Waals surface area contributed by atoms with E-state index in [1.807, 2.05) is 12.4 Å². The molecule has 0 radical (unpaired) electrons. The molecule has 11 aromatic rings. The molecule has 0 aliphatic carbocycles. The maximum absolute atomic E-state index is 5.19. The van der Waals surface area contributed by atoms with Crippen LogP contribution in [0.15, 0.2) is 219 Å². The first kappa shape index (κ1) is 33.6. The van der Waals surface area contributed by atoms with Gasteiger partial charge in [-0.3, -0.25) is 9.97 Å². The Kier molecular flexibility index (Phi) is 8.19. The minimum absolute atomic E-state index is 0.977. The van der Waals surface area contributed by atoms with Gasteiger partial charge in [0.15, 0.2) is 0 Å². The van der Waals surface area contributed by atoms with Gasteiger partial charge in [-0.05, 0) is 77.8 Å². The average molecular weight is 737 g/mol. The van der Waals surface area contributed by atoms with Crippen LogP contribution in [-0.4, -0.2) is 9.97 Å². The molecule has 0 unspecified atom stereocenters. The fourth-order valence-corrected chi connectivity index (χ4v) is 8.90. The molecule has 9 aromatic carbocycles. The summed E-state index contributed by atoms with van der Waals surface area (Å²) in [7, 11) is 0. The van der Waals surface area contributed by atoms with Gasteiger partial charge >= 0.3 is 0 Å². The van der Waals surface area contributed by atoms with Crippen LogP contribution in [0, 0.1) is 0 Å². The molecule has 11 rings (SSSR count). The van der Waals surface area contributed by atoms with Gasteiger partial charge in [0.2, 0.25) is 0 Å². The van der Waals surface area contributed by atoms with Crippen molar-refractivity contribution >= 4 is 43.1 Å². The summed E-state index contributed by atoms with van der Waals surface area (Å²) in [4.78, 5) is 10.4. The molecule has 0 spiro atoms. The van der Waals surface area contributed by atoms with Gasteiger partial charge in [0.25, 0.3) is 0 Å². The molecule has 0 amide bonds. The zero-order valence-corrected chi connectivity index (χ0v) is 31.7. The van der Waals surface area contributed by atoms with E-state index in [-0.39, 0.29) is 0 Å². The van der Waals surface area contributed by atoms with Crippen molar-refractivity contribution in [1.82, 2.24) is 9.97 Å². The third-order valence-electron chi connectivity index (χ3n) is 11.5. The molecule has 0 aliphatic heterocycles. The van der Waals surface area contributed by atoms with Crippen molar-refractivity contribution in [2.45, 2.75) is 0 Å². The van der Waals surface area contributed by atoms with Crippen LogP contribution in [0.25, 0.3) is 110 Å². The lowest BCUT2D eigenvalue weighted by atomic mass is 9.84. The van der Waals surface area contributed by atoms with Crippen molar-refractivity contribution in [2.75, 3.05) is 0 Å². The highest BCUT2D eigenvalue weighted by molar-refractivity contribution is 6.23. The van der Waals surface area contributed by atoms with E-state index in [1.54, 1.807) is 0 Å². The van der Waals surface area contributed by atoms with E-state index in [0.717, 1.165) is 55.5 Å². The van der Waals surface area contributed by atoms with E-state index in [4.69, 9.17) is 9.97 Å². The third kappa shape index (κ3) is 5.66. The molecule has 0 bridgehead atoms. The summed E-state index contributed by atoms with van der Waals surface area (Å²) in [5, 5.41) is 9.43. The highest BCUT2D eigenvalue weighted by atomic mass is 14.7. The van der Waals surface area contributed by atoms with Gasteiger partial charge < -0.3 is 0 Å². The molecule has 2 nitrogen and oxygen atoms in total. The Morgan fingerprint density at radius 2 is 0.552 bits per heavy atom. The molecule has 58 heavy (non-hydrogen) atoms. The minimum atomic E-state index is 0.977. The Balaban J connectivity index is 1.19. The normalized spacial score (nSPS) is 11.4. The summed E-state index contributed by atoms with van der Waals surface area (Å²) in [5.74, 6) is 0. The van der Waals surface area contributed by atoms with E-state index < -0.39 is 0 Å². The zero-order valence-electron chi connectivity index (χ0n) is 31.7. The van der Waals surface area contributed by atoms with E-state index in [9.17, 15) is 0 Å². The Hall–Kier alpha value is -7.68. The van der Waals surface area contributed by atoms with E-state index >= 15 is 0 Å². The van der Waals surface area contributed by atoms with Crippen LogP contribution in [0.5, 0.6) is 0 Å².